The van der Waals surface area contributed by atoms with Crippen molar-refractivity contribution < 1.29 is 9.59 Å². The van der Waals surface area contributed by atoms with E-state index in [1.807, 2.05) is 31.3 Å². The molecular formula is C13H15N5O2. The normalized spacial score (nSPS) is 10.1. The first-order valence-electron chi connectivity index (χ1n) is 6.00. The Hall–Kier alpha value is -2.83. The lowest BCUT2D eigenvalue weighted by molar-refractivity contribution is -0.115. The van der Waals surface area contributed by atoms with Crippen molar-refractivity contribution in [3.8, 4) is 5.69 Å². The first-order valence-corrected chi connectivity index (χ1v) is 6.00. The number of amides is 3. The molecular weight excluding hydrogens is 258 g/mol. The van der Waals surface area contributed by atoms with Crippen LogP contribution in [0.25, 0.3) is 5.69 Å². The third kappa shape index (κ3) is 3.35. The molecule has 1 heterocycles. The van der Waals surface area contributed by atoms with Gasteiger partial charge in [0.1, 0.15) is 0 Å². The van der Waals surface area contributed by atoms with Gasteiger partial charge in [0, 0.05) is 18.1 Å². The van der Waals surface area contributed by atoms with E-state index in [2.05, 4.69) is 15.7 Å². The van der Waals surface area contributed by atoms with E-state index in [0.29, 0.717) is 5.69 Å². The summed E-state index contributed by atoms with van der Waals surface area (Å²) < 4.78 is 1.73. The molecule has 2 rings (SSSR count). The van der Waals surface area contributed by atoms with Crippen molar-refractivity contribution in [3.63, 3.8) is 0 Å². The number of primary amides is 1. The van der Waals surface area contributed by atoms with Crippen LogP contribution in [0.2, 0.25) is 0 Å². The summed E-state index contributed by atoms with van der Waals surface area (Å²) in [4.78, 5) is 22.1. The molecule has 0 unspecified atom stereocenters. The fourth-order valence-corrected chi connectivity index (χ4v) is 1.71. The summed E-state index contributed by atoms with van der Waals surface area (Å²) in [6.45, 7) is 1.72. The van der Waals surface area contributed by atoms with Gasteiger partial charge in [-0.25, -0.2) is 9.48 Å². The zero-order chi connectivity index (χ0) is 14.5. The van der Waals surface area contributed by atoms with Crippen molar-refractivity contribution in [2.75, 3.05) is 11.9 Å². The lowest BCUT2D eigenvalue weighted by Gasteiger charge is -2.10. The van der Waals surface area contributed by atoms with Crippen LogP contribution >= 0.6 is 0 Å². The van der Waals surface area contributed by atoms with Crippen molar-refractivity contribution >= 4 is 17.6 Å². The topological polar surface area (TPSA) is 102 Å². The average molecular weight is 273 g/mol. The van der Waals surface area contributed by atoms with Gasteiger partial charge in [-0.1, -0.05) is 0 Å². The quantitative estimate of drug-likeness (QED) is 0.767. The Kier molecular flexibility index (Phi) is 3.99. The number of hydrogen-bond donors (Lipinski definition) is 3. The molecule has 104 valence electrons. The maximum Gasteiger partial charge on any atom is 0.312 e. The first-order chi connectivity index (χ1) is 9.56. The number of nitrogens with one attached hydrogen (secondary N) is 2. The Bertz CT molecular complexity index is 622. The molecule has 0 aliphatic heterocycles. The third-order valence-corrected chi connectivity index (χ3v) is 2.68. The summed E-state index contributed by atoms with van der Waals surface area (Å²) in [5, 5.41) is 9.07. The minimum Gasteiger partial charge on any atom is -0.352 e. The van der Waals surface area contributed by atoms with Gasteiger partial charge in [0.25, 0.3) is 0 Å². The Balaban J connectivity index is 2.06. The molecule has 20 heavy (non-hydrogen) atoms. The first kappa shape index (κ1) is 13.6. The summed E-state index contributed by atoms with van der Waals surface area (Å²) in [5.41, 5.74) is 7.37. The zero-order valence-corrected chi connectivity index (χ0v) is 11.0. The largest absolute Gasteiger partial charge is 0.352 e. The van der Waals surface area contributed by atoms with Crippen LogP contribution in [0.4, 0.5) is 10.5 Å². The minimum absolute atomic E-state index is 0.157. The molecule has 4 N–H and O–H groups in total. The highest BCUT2D eigenvalue weighted by Crippen LogP contribution is 2.18. The minimum atomic E-state index is -0.731. The highest BCUT2D eigenvalue weighted by Gasteiger charge is 2.06. The monoisotopic (exact) mass is 273 g/mol. The lowest BCUT2D eigenvalue weighted by Crippen LogP contribution is -2.36. The molecule has 7 nitrogen and oxygen atoms in total. The highest BCUT2D eigenvalue weighted by molar-refractivity contribution is 5.94. The number of carbonyl (C=O) groups excluding carboxylic acids is 2. The zero-order valence-electron chi connectivity index (χ0n) is 11.0. The van der Waals surface area contributed by atoms with Gasteiger partial charge in [0.05, 0.1) is 12.2 Å². The van der Waals surface area contributed by atoms with Crippen LogP contribution in [0.15, 0.2) is 36.7 Å². The SMILES string of the molecule is Cc1cc(-n2cccn2)ccc1NC(=O)CNC(N)=O. The van der Waals surface area contributed by atoms with E-state index >= 15 is 0 Å². The molecule has 0 saturated heterocycles. The van der Waals surface area contributed by atoms with Crippen LogP contribution in [-0.4, -0.2) is 28.3 Å². The number of aromatic nitrogens is 2. The van der Waals surface area contributed by atoms with Crippen molar-refractivity contribution in [1.29, 1.82) is 0 Å². The average Bonchev–Trinajstić information content (AvgIpc) is 2.92. The summed E-state index contributed by atoms with van der Waals surface area (Å²) in [5.74, 6) is -0.335. The summed E-state index contributed by atoms with van der Waals surface area (Å²) >= 11 is 0. The van der Waals surface area contributed by atoms with E-state index in [4.69, 9.17) is 5.73 Å². The van der Waals surface area contributed by atoms with E-state index in [1.54, 1.807) is 16.9 Å². The molecule has 0 fully saturated rings. The van der Waals surface area contributed by atoms with Crippen LogP contribution in [0.5, 0.6) is 0 Å². The molecule has 0 atom stereocenters. The highest BCUT2D eigenvalue weighted by atomic mass is 16.2. The Morgan fingerprint density at radius 1 is 1.40 bits per heavy atom. The Labute approximate surface area is 115 Å². The summed E-state index contributed by atoms with van der Waals surface area (Å²) in [6, 6.07) is 6.64. The van der Waals surface area contributed by atoms with Crippen molar-refractivity contribution in [2.45, 2.75) is 6.92 Å². The smallest absolute Gasteiger partial charge is 0.312 e. The molecule has 1 aromatic heterocycles. The number of anilines is 1. The number of nitrogens with two attached hydrogens (primary N) is 1. The number of benzene rings is 1. The van der Waals surface area contributed by atoms with E-state index in [9.17, 15) is 9.59 Å². The second-order valence-corrected chi connectivity index (χ2v) is 4.22. The van der Waals surface area contributed by atoms with Gasteiger partial charge in [0.2, 0.25) is 5.91 Å². The van der Waals surface area contributed by atoms with Crippen molar-refractivity contribution in [3.05, 3.63) is 42.2 Å². The van der Waals surface area contributed by atoms with Crippen molar-refractivity contribution in [1.82, 2.24) is 15.1 Å². The van der Waals surface area contributed by atoms with Gasteiger partial charge in [-0.3, -0.25) is 4.79 Å². The fourth-order valence-electron chi connectivity index (χ4n) is 1.71. The maximum atomic E-state index is 11.6. The van der Waals surface area contributed by atoms with Crippen LogP contribution in [0, 0.1) is 6.92 Å². The van der Waals surface area contributed by atoms with Crippen LogP contribution in [0.1, 0.15) is 5.56 Å². The fraction of sp³-hybridized carbons (Fsp3) is 0.154. The molecule has 0 radical (unpaired) electrons. The number of urea groups is 1. The van der Waals surface area contributed by atoms with E-state index in [-0.39, 0.29) is 12.5 Å². The number of aryl methyl sites for hydroxylation is 1. The maximum absolute atomic E-state index is 11.6. The molecule has 0 saturated carbocycles. The molecule has 7 heteroatoms. The van der Waals surface area contributed by atoms with Crippen LogP contribution < -0.4 is 16.4 Å². The number of rotatable bonds is 4. The Morgan fingerprint density at radius 3 is 2.80 bits per heavy atom. The lowest BCUT2D eigenvalue weighted by atomic mass is 10.1. The summed E-state index contributed by atoms with van der Waals surface area (Å²) in [6.07, 6.45) is 3.53. The van der Waals surface area contributed by atoms with Crippen LogP contribution in [0.3, 0.4) is 0 Å². The predicted octanol–water partition coefficient (Wildman–Crippen LogP) is 0.788. The number of hydrogen-bond acceptors (Lipinski definition) is 3. The molecule has 0 aliphatic carbocycles. The second kappa shape index (κ2) is 5.87. The van der Waals surface area contributed by atoms with Gasteiger partial charge in [0.15, 0.2) is 0 Å². The standard InChI is InChI=1S/C13H15N5O2/c1-9-7-10(18-6-2-5-16-18)3-4-11(9)17-12(19)8-15-13(14)20/h2-7H,8H2,1H3,(H,17,19)(H3,14,15,20). The summed E-state index contributed by atoms with van der Waals surface area (Å²) in [7, 11) is 0. The van der Waals surface area contributed by atoms with E-state index in [1.165, 1.54) is 0 Å². The van der Waals surface area contributed by atoms with Gasteiger partial charge >= 0.3 is 6.03 Å². The van der Waals surface area contributed by atoms with Gasteiger partial charge in [-0.15, -0.1) is 0 Å². The molecule has 0 spiro atoms. The third-order valence-electron chi connectivity index (χ3n) is 2.68. The van der Waals surface area contributed by atoms with Gasteiger partial charge < -0.3 is 16.4 Å². The predicted molar refractivity (Wildman–Crippen MR) is 74.5 cm³/mol. The van der Waals surface area contributed by atoms with Crippen LogP contribution in [-0.2, 0) is 4.79 Å². The molecule has 0 aliphatic rings. The Morgan fingerprint density at radius 2 is 2.20 bits per heavy atom. The number of nitrogens with zero attached hydrogens (tertiary/aromatic N) is 2. The van der Waals surface area contributed by atoms with Crippen molar-refractivity contribution in [2.24, 2.45) is 5.73 Å². The molecule has 2 aromatic rings. The van der Waals surface area contributed by atoms with E-state index in [0.717, 1.165) is 11.3 Å². The second-order valence-electron chi connectivity index (χ2n) is 4.22. The number of carbonyl (C=O) groups is 2. The molecule has 1 aromatic carbocycles. The molecule has 0 bridgehead atoms. The molecule has 3 amide bonds. The van der Waals surface area contributed by atoms with Gasteiger partial charge in [-0.2, -0.15) is 5.10 Å². The van der Waals surface area contributed by atoms with Gasteiger partial charge in [-0.05, 0) is 36.8 Å². The van der Waals surface area contributed by atoms with E-state index < -0.39 is 6.03 Å².